The third-order valence-corrected chi connectivity index (χ3v) is 3.94. The van der Waals surface area contributed by atoms with E-state index in [1.54, 1.807) is 0 Å². The van der Waals surface area contributed by atoms with Crippen molar-refractivity contribution in [2.24, 2.45) is 5.92 Å². The maximum absolute atomic E-state index is 2.35. The summed E-state index contributed by atoms with van der Waals surface area (Å²) in [4.78, 5) is 0. The Hall–Kier alpha value is 0.350. The third kappa shape index (κ3) is 14.4. The lowest BCUT2D eigenvalue weighted by Crippen LogP contribution is -2.00. The Morgan fingerprint density at radius 1 is 0.733 bits per heavy atom. The van der Waals surface area contributed by atoms with Crippen LogP contribution in [0.5, 0.6) is 0 Å². The van der Waals surface area contributed by atoms with Gasteiger partial charge in [-0.2, -0.15) is 0 Å². The summed E-state index contributed by atoms with van der Waals surface area (Å²) < 4.78 is 0. The molecule has 92 valence electrons. The molecule has 0 spiro atoms. The predicted octanol–water partition coefficient (Wildman–Crippen LogP) is 4.64. The van der Waals surface area contributed by atoms with E-state index >= 15 is 0 Å². The van der Waals surface area contributed by atoms with Crippen molar-refractivity contribution in [1.82, 2.24) is 0 Å². The molecule has 0 aromatic rings. The second kappa shape index (κ2) is 10.9. The molecule has 0 unspecified atom stereocenters. The summed E-state index contributed by atoms with van der Waals surface area (Å²) in [6.07, 6.45) is 16.4. The van der Waals surface area contributed by atoms with Gasteiger partial charge in [0.15, 0.2) is 0 Å². The fourth-order valence-electron chi connectivity index (χ4n) is 1.83. The average Bonchev–Trinajstić information content (AvgIpc) is 2.14. The van der Waals surface area contributed by atoms with Crippen LogP contribution in [0.2, 0.25) is 0 Å². The Morgan fingerprint density at radius 3 is 1.67 bits per heavy atom. The zero-order valence-electron chi connectivity index (χ0n) is 11.3. The zero-order valence-corrected chi connectivity index (χ0v) is 12.2. The van der Waals surface area contributed by atoms with Crippen molar-refractivity contribution in [3.8, 4) is 0 Å². The molecule has 0 aromatic carbocycles. The lowest BCUT2D eigenvalue weighted by Gasteiger charge is -2.04. The predicted molar refractivity (Wildman–Crippen MR) is 75.9 cm³/mol. The van der Waals surface area contributed by atoms with Gasteiger partial charge in [-0.1, -0.05) is 52.4 Å². The van der Waals surface area contributed by atoms with Crippen LogP contribution in [0.4, 0.5) is 0 Å². The molecule has 0 heterocycles. The van der Waals surface area contributed by atoms with Crippen LogP contribution in [0, 0.1) is 5.92 Å². The Kier molecular flexibility index (Phi) is 11.1. The molecular weight excluding hydrogens is 200 g/mol. The van der Waals surface area contributed by atoms with Crippen LogP contribution in [0.15, 0.2) is 0 Å². The largest absolute Gasteiger partial charge is 0.107 e. The Morgan fingerprint density at radius 2 is 1.20 bits per heavy atom. The van der Waals surface area contributed by atoms with Crippen LogP contribution in [-0.4, -0.2) is 18.3 Å². The van der Waals surface area contributed by atoms with Gasteiger partial charge in [0.05, 0.1) is 12.5 Å². The van der Waals surface area contributed by atoms with Gasteiger partial charge in [0, 0.05) is 0 Å². The van der Waals surface area contributed by atoms with Crippen LogP contribution < -0.4 is 0 Å². The second-order valence-corrected chi connectivity index (χ2v) is 7.73. The van der Waals surface area contributed by atoms with E-state index in [1.807, 2.05) is 0 Å². The van der Waals surface area contributed by atoms with E-state index in [9.17, 15) is 0 Å². The van der Waals surface area contributed by atoms with Gasteiger partial charge in [-0.15, -0.1) is 0 Å². The minimum absolute atomic E-state index is 0.669. The molecule has 0 fully saturated rings. The molecule has 0 aromatic heterocycles. The van der Waals surface area contributed by atoms with Crippen molar-refractivity contribution in [3.63, 3.8) is 0 Å². The quantitative estimate of drug-likeness (QED) is 0.379. The summed E-state index contributed by atoms with van der Waals surface area (Å²) in [7, 11) is 0.669. The van der Waals surface area contributed by atoms with Crippen LogP contribution in [0.1, 0.15) is 65.2 Å². The maximum Gasteiger partial charge on any atom is 0.107 e. The summed E-state index contributed by atoms with van der Waals surface area (Å²) >= 11 is 0. The lowest BCUT2D eigenvalue weighted by atomic mass is 10.0. The van der Waals surface area contributed by atoms with Crippen molar-refractivity contribution < 1.29 is 0 Å². The van der Waals surface area contributed by atoms with Crippen molar-refractivity contribution >= 4 is 10.9 Å². The molecule has 15 heavy (non-hydrogen) atoms. The zero-order chi connectivity index (χ0) is 11.5. The Bertz CT molecular complexity index is 105. The van der Waals surface area contributed by atoms with E-state index in [-0.39, 0.29) is 0 Å². The maximum atomic E-state index is 2.35. The molecule has 0 saturated heterocycles. The van der Waals surface area contributed by atoms with Crippen LogP contribution in [0.25, 0.3) is 0 Å². The molecule has 0 aliphatic carbocycles. The van der Waals surface area contributed by atoms with Crippen LogP contribution in [-0.2, 0) is 10.9 Å². The van der Waals surface area contributed by atoms with E-state index in [4.69, 9.17) is 0 Å². The monoisotopic (exact) mass is 231 g/mol. The van der Waals surface area contributed by atoms with Gasteiger partial charge in [-0.05, 0) is 29.7 Å². The molecular formula is C14H31S+. The van der Waals surface area contributed by atoms with E-state index in [0.29, 0.717) is 10.9 Å². The number of rotatable bonds is 10. The molecule has 0 atom stereocenters. The average molecular weight is 231 g/mol. The molecule has 0 bridgehead atoms. The fraction of sp³-hybridized carbons (Fsp3) is 1.00. The minimum atomic E-state index is 0.669. The number of hydrogen-bond donors (Lipinski definition) is 0. The summed E-state index contributed by atoms with van der Waals surface area (Å²) in [5.41, 5.74) is 0. The van der Waals surface area contributed by atoms with E-state index in [0.717, 1.165) is 5.92 Å². The molecule has 0 amide bonds. The highest BCUT2D eigenvalue weighted by molar-refractivity contribution is 7.95. The second-order valence-electron chi connectivity index (χ2n) is 5.35. The molecule has 0 radical (unpaired) electrons. The molecule has 0 N–H and O–H groups in total. The van der Waals surface area contributed by atoms with E-state index < -0.39 is 0 Å². The van der Waals surface area contributed by atoms with Crippen LogP contribution in [0.3, 0.4) is 0 Å². The van der Waals surface area contributed by atoms with Gasteiger partial charge in [0.2, 0.25) is 0 Å². The normalized spacial score (nSPS) is 11.6. The van der Waals surface area contributed by atoms with E-state index in [2.05, 4.69) is 26.4 Å². The first-order valence-corrected chi connectivity index (χ1v) is 8.88. The molecule has 0 rings (SSSR count). The van der Waals surface area contributed by atoms with Gasteiger partial charge >= 0.3 is 0 Å². The van der Waals surface area contributed by atoms with Crippen molar-refractivity contribution in [2.75, 3.05) is 18.3 Å². The Balaban J connectivity index is 2.93. The van der Waals surface area contributed by atoms with Crippen molar-refractivity contribution in [1.29, 1.82) is 0 Å². The minimum Gasteiger partial charge on any atom is -0.0628 e. The smallest absolute Gasteiger partial charge is 0.0628 e. The summed E-state index contributed by atoms with van der Waals surface area (Å²) in [5.74, 6) is 2.35. The first kappa shape index (κ1) is 15.3. The third-order valence-electron chi connectivity index (χ3n) is 2.83. The highest BCUT2D eigenvalue weighted by Gasteiger charge is 2.00. The van der Waals surface area contributed by atoms with Gasteiger partial charge in [-0.25, -0.2) is 0 Å². The Labute approximate surface area is 101 Å². The number of unbranched alkanes of at least 4 members (excludes halogenated alkanes) is 6. The van der Waals surface area contributed by atoms with Crippen LogP contribution >= 0.6 is 0 Å². The topological polar surface area (TPSA) is 0 Å². The molecule has 0 aliphatic rings. The van der Waals surface area contributed by atoms with Gasteiger partial charge in [-0.3, -0.25) is 0 Å². The fourth-order valence-corrected chi connectivity index (χ4v) is 2.61. The summed E-state index contributed by atoms with van der Waals surface area (Å²) in [6.45, 7) is 4.65. The molecule has 0 nitrogen and oxygen atoms in total. The molecule has 1 heteroatoms. The molecule has 0 aliphatic heterocycles. The summed E-state index contributed by atoms with van der Waals surface area (Å²) in [6, 6.07) is 0. The van der Waals surface area contributed by atoms with Crippen molar-refractivity contribution in [2.45, 2.75) is 65.2 Å². The standard InChI is InChI=1S/C14H31S/c1-14(2)12-10-8-6-5-7-9-11-13-15(3)4/h14H,5-13H2,1-4H3/q+1. The number of hydrogen-bond acceptors (Lipinski definition) is 0. The first-order chi connectivity index (χ1) is 7.13. The van der Waals surface area contributed by atoms with Gasteiger partial charge in [0.25, 0.3) is 0 Å². The first-order valence-electron chi connectivity index (χ1n) is 6.67. The van der Waals surface area contributed by atoms with Gasteiger partial charge < -0.3 is 0 Å². The lowest BCUT2D eigenvalue weighted by molar-refractivity contribution is 0.511. The highest BCUT2D eigenvalue weighted by atomic mass is 32.2. The van der Waals surface area contributed by atoms with Gasteiger partial charge in [0.1, 0.15) is 5.75 Å². The highest BCUT2D eigenvalue weighted by Crippen LogP contribution is 2.12. The molecule has 0 saturated carbocycles. The van der Waals surface area contributed by atoms with E-state index in [1.165, 1.54) is 57.1 Å². The SMILES string of the molecule is CC(C)CCCCCCCCC[S+](C)C. The summed E-state index contributed by atoms with van der Waals surface area (Å²) in [5, 5.41) is 0. The van der Waals surface area contributed by atoms with Crippen molar-refractivity contribution in [3.05, 3.63) is 0 Å².